The van der Waals surface area contributed by atoms with Crippen LogP contribution < -0.4 is 0 Å². The van der Waals surface area contributed by atoms with Crippen molar-refractivity contribution in [2.75, 3.05) is 0 Å². The van der Waals surface area contributed by atoms with Crippen molar-refractivity contribution in [3.63, 3.8) is 0 Å². The van der Waals surface area contributed by atoms with E-state index in [9.17, 15) is 4.79 Å². The van der Waals surface area contributed by atoms with E-state index >= 15 is 0 Å². The summed E-state index contributed by atoms with van der Waals surface area (Å²) in [6.07, 6.45) is 8.13. The van der Waals surface area contributed by atoms with E-state index in [2.05, 4.69) is 19.6 Å². The highest BCUT2D eigenvalue weighted by molar-refractivity contribution is 5.78. The Bertz CT molecular complexity index is 401. The number of hydrogen-bond donors (Lipinski definition) is 0. The van der Waals surface area contributed by atoms with Crippen LogP contribution in [0.3, 0.4) is 0 Å². The van der Waals surface area contributed by atoms with Crippen molar-refractivity contribution in [1.29, 1.82) is 0 Å². The normalized spacial score (nSPS) is 29.2. The minimum absolute atomic E-state index is 0.0472. The maximum absolute atomic E-state index is 11.7. The van der Waals surface area contributed by atoms with Gasteiger partial charge < -0.3 is 4.74 Å². The van der Waals surface area contributed by atoms with Crippen molar-refractivity contribution in [2.45, 2.75) is 39.5 Å². The van der Waals surface area contributed by atoms with E-state index in [4.69, 9.17) is 4.74 Å². The Morgan fingerprint density at radius 1 is 1.47 bits per heavy atom. The van der Waals surface area contributed by atoms with Gasteiger partial charge in [0.2, 0.25) is 0 Å². The quantitative estimate of drug-likeness (QED) is 0.508. The third-order valence-electron chi connectivity index (χ3n) is 3.62. The molecule has 0 radical (unpaired) electrons. The van der Waals surface area contributed by atoms with Crippen LogP contribution in [-0.2, 0) is 9.53 Å². The van der Waals surface area contributed by atoms with E-state index in [1.54, 1.807) is 0 Å². The Morgan fingerprint density at radius 2 is 2.24 bits per heavy atom. The molecule has 92 valence electrons. The summed E-state index contributed by atoms with van der Waals surface area (Å²) < 4.78 is 5.40. The average Bonchev–Trinajstić information content (AvgIpc) is 2.59. The second-order valence-corrected chi connectivity index (χ2v) is 5.16. The lowest BCUT2D eigenvalue weighted by Crippen LogP contribution is -2.10. The maximum atomic E-state index is 11.7. The molecule has 1 heterocycles. The summed E-state index contributed by atoms with van der Waals surface area (Å²) >= 11 is 0. The Kier molecular flexibility index (Phi) is 3.51. The Hall–Kier alpha value is -1.31. The summed E-state index contributed by atoms with van der Waals surface area (Å²) in [5, 5.41) is 0. The van der Waals surface area contributed by atoms with Gasteiger partial charge >= 0.3 is 5.97 Å². The van der Waals surface area contributed by atoms with Gasteiger partial charge in [-0.15, -0.1) is 0 Å². The van der Waals surface area contributed by atoms with E-state index in [0.717, 1.165) is 37.0 Å². The molecule has 0 saturated heterocycles. The first kappa shape index (κ1) is 12.2. The molecule has 2 heteroatoms. The zero-order chi connectivity index (χ0) is 12.4. The van der Waals surface area contributed by atoms with Crippen LogP contribution in [0.15, 0.2) is 35.6 Å². The highest BCUT2D eigenvalue weighted by atomic mass is 16.5. The molecular weight excluding hydrogens is 212 g/mol. The van der Waals surface area contributed by atoms with Crippen molar-refractivity contribution in [3.05, 3.63) is 35.6 Å². The summed E-state index contributed by atoms with van der Waals surface area (Å²) in [5.74, 6) is 0.904. The first-order chi connectivity index (χ1) is 8.08. The molecule has 2 rings (SSSR count). The number of fused-ring (bicyclic) bond motifs is 1. The van der Waals surface area contributed by atoms with E-state index in [0.29, 0.717) is 0 Å². The van der Waals surface area contributed by atoms with Gasteiger partial charge in [0.05, 0.1) is 5.92 Å². The summed E-state index contributed by atoms with van der Waals surface area (Å²) in [5.41, 5.74) is 2.49. The van der Waals surface area contributed by atoms with Crippen LogP contribution in [0.1, 0.15) is 39.5 Å². The van der Waals surface area contributed by atoms with Crippen LogP contribution in [0.2, 0.25) is 0 Å². The topological polar surface area (TPSA) is 26.3 Å². The minimum atomic E-state index is -0.0841. The van der Waals surface area contributed by atoms with Gasteiger partial charge in [0, 0.05) is 5.92 Å². The standard InChI is InChI=1S/C15H20O2/c1-10(2)13-8-7-11(3)5-4-6-12-9-14(13)17-15(12)16/h5,9,12-13H,1,4,6-8H2,2-3H3. The van der Waals surface area contributed by atoms with Gasteiger partial charge in [-0.2, -0.15) is 0 Å². The van der Waals surface area contributed by atoms with Gasteiger partial charge in [0.25, 0.3) is 0 Å². The fraction of sp³-hybridized carbons (Fsp3) is 0.533. The molecule has 2 aliphatic rings. The molecule has 0 aromatic rings. The summed E-state index contributed by atoms with van der Waals surface area (Å²) in [6.45, 7) is 8.19. The summed E-state index contributed by atoms with van der Waals surface area (Å²) in [6, 6.07) is 0. The van der Waals surface area contributed by atoms with E-state index in [-0.39, 0.29) is 17.8 Å². The maximum Gasteiger partial charge on any atom is 0.318 e. The summed E-state index contributed by atoms with van der Waals surface area (Å²) in [4.78, 5) is 11.7. The minimum Gasteiger partial charge on any atom is -0.430 e. The molecule has 17 heavy (non-hydrogen) atoms. The molecule has 0 amide bonds. The van der Waals surface area contributed by atoms with E-state index in [1.165, 1.54) is 5.57 Å². The molecule has 2 nitrogen and oxygen atoms in total. The van der Waals surface area contributed by atoms with Crippen LogP contribution in [0, 0.1) is 11.8 Å². The molecule has 1 aliphatic heterocycles. The highest BCUT2D eigenvalue weighted by Gasteiger charge is 2.31. The molecule has 2 bridgehead atoms. The third kappa shape index (κ3) is 2.68. The monoisotopic (exact) mass is 232 g/mol. The van der Waals surface area contributed by atoms with Crippen LogP contribution in [0.4, 0.5) is 0 Å². The number of carbonyl (C=O) groups is 1. The first-order valence-corrected chi connectivity index (χ1v) is 6.32. The smallest absolute Gasteiger partial charge is 0.318 e. The van der Waals surface area contributed by atoms with Crippen molar-refractivity contribution in [1.82, 2.24) is 0 Å². The number of allylic oxidation sites excluding steroid dienone is 3. The van der Waals surface area contributed by atoms with Gasteiger partial charge in [-0.3, -0.25) is 4.79 Å². The van der Waals surface area contributed by atoms with E-state index in [1.807, 2.05) is 13.0 Å². The number of esters is 1. The zero-order valence-corrected chi connectivity index (χ0v) is 10.7. The van der Waals surface area contributed by atoms with Crippen LogP contribution in [-0.4, -0.2) is 5.97 Å². The lowest BCUT2D eigenvalue weighted by molar-refractivity contribution is -0.140. The van der Waals surface area contributed by atoms with Gasteiger partial charge in [-0.05, 0) is 45.6 Å². The molecule has 0 N–H and O–H groups in total. The van der Waals surface area contributed by atoms with Gasteiger partial charge in [-0.1, -0.05) is 23.8 Å². The third-order valence-corrected chi connectivity index (χ3v) is 3.62. The summed E-state index contributed by atoms with van der Waals surface area (Å²) in [7, 11) is 0. The molecule has 0 saturated carbocycles. The Labute approximate surface area is 103 Å². The lowest BCUT2D eigenvalue weighted by Gasteiger charge is -2.17. The van der Waals surface area contributed by atoms with Gasteiger partial charge in [0.1, 0.15) is 5.76 Å². The number of ether oxygens (including phenoxy) is 1. The fourth-order valence-electron chi connectivity index (χ4n) is 2.50. The molecule has 0 aromatic carbocycles. The fourth-order valence-corrected chi connectivity index (χ4v) is 2.50. The predicted octanol–water partition coefficient (Wildman–Crippen LogP) is 3.76. The van der Waals surface area contributed by atoms with Gasteiger partial charge in [0.15, 0.2) is 0 Å². The molecule has 0 aromatic heterocycles. The van der Waals surface area contributed by atoms with Crippen LogP contribution >= 0.6 is 0 Å². The molecule has 1 aliphatic carbocycles. The highest BCUT2D eigenvalue weighted by Crippen LogP contribution is 2.34. The van der Waals surface area contributed by atoms with Crippen LogP contribution in [0.25, 0.3) is 0 Å². The van der Waals surface area contributed by atoms with Crippen LogP contribution in [0.5, 0.6) is 0 Å². The molecule has 2 atom stereocenters. The second-order valence-electron chi connectivity index (χ2n) is 5.16. The van der Waals surface area contributed by atoms with Crippen molar-refractivity contribution >= 4 is 5.97 Å². The average molecular weight is 232 g/mol. The molecule has 0 fully saturated rings. The molecular formula is C15H20O2. The predicted molar refractivity (Wildman–Crippen MR) is 68.2 cm³/mol. The van der Waals surface area contributed by atoms with Crippen molar-refractivity contribution in [2.24, 2.45) is 11.8 Å². The number of rotatable bonds is 1. The molecule has 2 unspecified atom stereocenters. The number of hydrogen-bond acceptors (Lipinski definition) is 2. The molecule has 0 spiro atoms. The second kappa shape index (κ2) is 4.91. The lowest BCUT2D eigenvalue weighted by atomic mass is 9.89. The largest absolute Gasteiger partial charge is 0.430 e. The first-order valence-electron chi connectivity index (χ1n) is 6.32. The zero-order valence-electron chi connectivity index (χ0n) is 10.7. The van der Waals surface area contributed by atoms with Gasteiger partial charge in [-0.25, -0.2) is 0 Å². The Morgan fingerprint density at radius 3 is 2.94 bits per heavy atom. The SMILES string of the molecule is C=C(C)C1CCC(C)=CCCC2C=C1OC2=O. The Balaban J connectivity index is 2.24. The van der Waals surface area contributed by atoms with Crippen molar-refractivity contribution < 1.29 is 9.53 Å². The van der Waals surface area contributed by atoms with Crippen molar-refractivity contribution in [3.8, 4) is 0 Å². The number of carbonyl (C=O) groups excluding carboxylic acids is 1. The van der Waals surface area contributed by atoms with E-state index < -0.39 is 0 Å².